The number of nitrogens with two attached hydrogens (primary N) is 2. The molecule has 1 aliphatic heterocycles. The Bertz CT molecular complexity index is 2950. The van der Waals surface area contributed by atoms with Crippen LogP contribution < -0.4 is 54.0 Å². The average Bonchev–Trinajstić information content (AvgIpc) is 1.87. The van der Waals surface area contributed by atoms with Crippen LogP contribution >= 0.6 is 12.6 Å². The number of thiol groups is 1. The summed E-state index contributed by atoms with van der Waals surface area (Å²) in [5, 5.41) is 21.0. The van der Waals surface area contributed by atoms with Crippen molar-refractivity contribution in [3.8, 4) is 0 Å². The van der Waals surface area contributed by atoms with Crippen molar-refractivity contribution in [2.45, 2.75) is 143 Å². The van der Waals surface area contributed by atoms with E-state index in [2.05, 4.69) is 55.2 Å². The molecule has 0 spiro atoms. The third kappa shape index (κ3) is 43.0. The van der Waals surface area contributed by atoms with Gasteiger partial charge in [0.1, 0.15) is 37.4 Å². The number of ether oxygens (including phenoxy) is 10. The number of rotatable bonds is 59. The maximum absolute atomic E-state index is 13.6. The van der Waals surface area contributed by atoms with E-state index in [1.807, 2.05) is 0 Å². The van der Waals surface area contributed by atoms with Gasteiger partial charge in [-0.3, -0.25) is 47.9 Å². The summed E-state index contributed by atoms with van der Waals surface area (Å²) in [5.74, 6) is -6.73. The number of nitrogens with zero attached hydrogens (tertiary/aromatic N) is 2. The van der Waals surface area contributed by atoms with E-state index in [0.717, 1.165) is 0 Å². The number of anilines is 2. The highest BCUT2D eigenvalue weighted by Gasteiger charge is 2.34. The molecular formula is C70H108N12O25S. The number of hydrogen-bond donors (Lipinski definition) is 11. The number of esters is 1. The number of hydroxylamine groups is 2. The van der Waals surface area contributed by atoms with Crippen molar-refractivity contribution in [1.82, 2.24) is 41.9 Å². The molecule has 2 aromatic carbocycles. The first-order valence-electron chi connectivity index (χ1n) is 35.7. The molecule has 0 radical (unpaired) electrons. The molecule has 0 bridgehead atoms. The first-order chi connectivity index (χ1) is 51.7. The summed E-state index contributed by atoms with van der Waals surface area (Å²) in [5.41, 5.74) is 12.5. The zero-order chi connectivity index (χ0) is 79.4. The van der Waals surface area contributed by atoms with Crippen LogP contribution in [0.1, 0.15) is 116 Å². The van der Waals surface area contributed by atoms with Crippen molar-refractivity contribution >= 4 is 106 Å². The van der Waals surface area contributed by atoms with E-state index in [9.17, 15) is 67.1 Å². The first-order valence-corrected chi connectivity index (χ1v) is 36.2. The summed E-state index contributed by atoms with van der Waals surface area (Å²) < 4.78 is 54.8. The second-order valence-corrected chi connectivity index (χ2v) is 25.3. The summed E-state index contributed by atoms with van der Waals surface area (Å²) in [6, 6.07) is 7.45. The minimum absolute atomic E-state index is 0.0193. The normalized spacial score (nSPS) is 13.0. The third-order valence-corrected chi connectivity index (χ3v) is 15.6. The fourth-order valence-corrected chi connectivity index (χ4v) is 9.79. The summed E-state index contributed by atoms with van der Waals surface area (Å²) >= 11 is 3.58. The molecule has 0 aromatic heterocycles. The molecular weight excluding hydrogens is 1440 g/mol. The predicted octanol–water partition coefficient (Wildman–Crippen LogP) is 1.56. The summed E-state index contributed by atoms with van der Waals surface area (Å²) in [6.45, 7) is 11.7. The Morgan fingerprint density at radius 1 is 0.463 bits per heavy atom. The Morgan fingerprint density at radius 2 is 0.824 bits per heavy atom. The predicted molar refractivity (Wildman–Crippen MR) is 389 cm³/mol. The minimum Gasteiger partial charge on any atom is -0.461 e. The molecule has 2 aromatic rings. The van der Waals surface area contributed by atoms with Gasteiger partial charge in [0.05, 0.1) is 106 Å². The van der Waals surface area contributed by atoms with Crippen LogP contribution in [0.2, 0.25) is 0 Å². The summed E-state index contributed by atoms with van der Waals surface area (Å²) in [6.07, 6.45) is 0.387. The largest absolute Gasteiger partial charge is 0.461 e. The van der Waals surface area contributed by atoms with Gasteiger partial charge in [0, 0.05) is 83.0 Å². The van der Waals surface area contributed by atoms with Crippen LogP contribution in [0.3, 0.4) is 0 Å². The maximum Gasteiger partial charge on any atom is 0.364 e. The quantitative estimate of drug-likeness (QED) is 0.0194. The fourth-order valence-electron chi connectivity index (χ4n) is 9.73. The molecule has 1 saturated heterocycles. The molecule has 1 heterocycles. The number of urea groups is 2. The Morgan fingerprint density at radius 3 is 1.18 bits per heavy atom. The van der Waals surface area contributed by atoms with Crippen LogP contribution in [0.4, 0.5) is 25.8 Å². The van der Waals surface area contributed by atoms with Crippen molar-refractivity contribution in [2.75, 3.05) is 143 Å². The smallest absolute Gasteiger partial charge is 0.364 e. The monoisotopic (exact) mass is 1550 g/mol. The molecule has 4 unspecified atom stereocenters. The van der Waals surface area contributed by atoms with E-state index in [4.69, 9.17) is 63.7 Å². The zero-order valence-corrected chi connectivity index (χ0v) is 63.0. The molecule has 1 fully saturated rings. The Hall–Kier alpha value is -9.15. The number of hydrogen-bond acceptors (Lipinski definition) is 25. The fraction of sp³-hybridized carbons (Fsp3) is 0.629. The van der Waals surface area contributed by atoms with Gasteiger partial charge in [0.25, 0.3) is 11.8 Å². The van der Waals surface area contributed by atoms with Crippen molar-refractivity contribution < 1.29 is 119 Å². The van der Waals surface area contributed by atoms with Crippen molar-refractivity contribution in [2.24, 2.45) is 23.3 Å². The molecule has 1 aliphatic rings. The van der Waals surface area contributed by atoms with Crippen LogP contribution in [-0.2, 0) is 118 Å². The van der Waals surface area contributed by atoms with E-state index in [1.54, 1.807) is 76.2 Å². The molecule has 0 saturated carbocycles. The van der Waals surface area contributed by atoms with Crippen molar-refractivity contribution in [3.63, 3.8) is 0 Å². The highest BCUT2D eigenvalue weighted by atomic mass is 32.1. The maximum atomic E-state index is 13.6. The second kappa shape index (κ2) is 55.3. The zero-order valence-electron chi connectivity index (χ0n) is 62.1. The van der Waals surface area contributed by atoms with Crippen LogP contribution in [0.15, 0.2) is 48.5 Å². The lowest BCUT2D eigenvalue weighted by Gasteiger charge is -2.25. The topological polar surface area (TPSA) is 495 Å². The highest BCUT2D eigenvalue weighted by molar-refractivity contribution is 7.96. The van der Waals surface area contributed by atoms with Gasteiger partial charge < -0.3 is 111 Å². The molecule has 38 heteroatoms. The molecule has 0 aliphatic carbocycles. The van der Waals surface area contributed by atoms with Gasteiger partial charge in [-0.25, -0.2) is 19.2 Å². The van der Waals surface area contributed by atoms with E-state index in [-0.39, 0.29) is 227 Å². The molecule has 37 nitrogen and oxygen atoms in total. The number of carbonyl (C=O) groups is 14. The Balaban J connectivity index is 1.31. The summed E-state index contributed by atoms with van der Waals surface area (Å²) in [7, 11) is 0. The number of carbonyl (C=O) groups excluding carboxylic acids is 14. The van der Waals surface area contributed by atoms with Crippen LogP contribution in [-0.4, -0.2) is 248 Å². The Kier molecular flexibility index (Phi) is 47.6. The molecule has 108 heavy (non-hydrogen) atoms. The number of benzene rings is 2. The number of nitrogens with one attached hydrogen (secondary N) is 8. The third-order valence-electron chi connectivity index (χ3n) is 15.5. The van der Waals surface area contributed by atoms with Gasteiger partial charge in [0.15, 0.2) is 0 Å². The molecule has 12 N–H and O–H groups in total. The van der Waals surface area contributed by atoms with Crippen molar-refractivity contribution in [3.05, 3.63) is 59.7 Å². The van der Waals surface area contributed by atoms with E-state index >= 15 is 0 Å². The highest BCUT2D eigenvalue weighted by Crippen LogP contribution is 2.17. The van der Waals surface area contributed by atoms with E-state index < -0.39 is 101 Å². The van der Waals surface area contributed by atoms with Gasteiger partial charge in [-0.2, -0.15) is 0 Å². The van der Waals surface area contributed by atoms with Crippen molar-refractivity contribution in [1.29, 1.82) is 0 Å². The average molecular weight is 1550 g/mol. The van der Waals surface area contributed by atoms with Gasteiger partial charge in [-0.05, 0) is 79.3 Å². The lowest BCUT2D eigenvalue weighted by atomic mass is 10.0. The van der Waals surface area contributed by atoms with Crippen LogP contribution in [0.25, 0.3) is 0 Å². The van der Waals surface area contributed by atoms with Gasteiger partial charge in [0.2, 0.25) is 41.4 Å². The van der Waals surface area contributed by atoms with E-state index in [0.29, 0.717) is 34.0 Å². The molecule has 13 amide bonds. The second-order valence-electron chi connectivity index (χ2n) is 25.0. The standard InChI is InChI=1S/C70H108N12O25S/c1-47(2)62(66(92)77-54(9-7-25-73-68(71)94)64(90)75-52-17-13-50(14-18-52)45-105-49(5)83)79-56(84)23-29-97-33-37-101-41-43-103-39-35-99-31-27-81(58(86)11-6-12-61(89)107-82-59(87)21-22-60(82)88)28-32-100-36-40-104-44-42-102-38-34-98-30-24-57(85)80-63(48(3)4)67(93)78-55(10-8-26-74-69(72)95)65(91)76-53-19-15-51(16-20-53)46-106-70(96)108/h13-20,47-48,54-55,62-63H,6-12,21-46H2,1-5H3,(H,75,90)(H,76,91)(H,77,92)(H,78,93)(H,79,84)(H,80,85)(H,96,108)(H3,71,73,94)(H3,72,74,95). The lowest BCUT2D eigenvalue weighted by Crippen LogP contribution is -2.54. The van der Waals surface area contributed by atoms with Crippen LogP contribution in [0.5, 0.6) is 0 Å². The number of amides is 13. The van der Waals surface area contributed by atoms with Gasteiger partial charge in [-0.1, -0.05) is 64.6 Å². The van der Waals surface area contributed by atoms with Gasteiger partial charge >= 0.3 is 29.3 Å². The first kappa shape index (κ1) is 93.1. The SMILES string of the molecule is CC(=O)OCc1ccc(NC(=O)C(CCCNC(N)=O)NC(=O)C(NC(=O)CCOCCOCCOCCOCCN(CCOCCOCCOCCOCCC(=O)NC(C(=O)NC(CCCNC(N)=O)C(=O)Nc2ccc(COC(=O)S)cc2)C(C)C)C(=O)CCCC(=O)ON2C(=O)CCC2=O)C(C)C)cc1. The van der Waals surface area contributed by atoms with Crippen LogP contribution in [0, 0.1) is 11.8 Å². The lowest BCUT2D eigenvalue weighted by molar-refractivity contribution is -0.197. The molecule has 3 rings (SSSR count). The minimum atomic E-state index is -1.06. The van der Waals surface area contributed by atoms with E-state index in [1.165, 1.54) is 11.8 Å². The number of primary amides is 2. The Labute approximate surface area is 633 Å². The van der Waals surface area contributed by atoms with Gasteiger partial charge in [-0.15, -0.1) is 5.06 Å². The molecule has 604 valence electrons. The number of imide groups is 1. The summed E-state index contributed by atoms with van der Waals surface area (Å²) in [4.78, 5) is 180. The molecule has 4 atom stereocenters.